The highest BCUT2D eigenvalue weighted by atomic mass is 35.5. The molecule has 0 spiro atoms. The van der Waals surface area contributed by atoms with E-state index in [1.165, 1.54) is 6.08 Å². The summed E-state index contributed by atoms with van der Waals surface area (Å²) >= 11 is 5.89. The maximum absolute atomic E-state index is 14.2. The maximum Gasteiger partial charge on any atom is 0.164 e. The van der Waals surface area contributed by atoms with Crippen molar-refractivity contribution in [1.29, 1.82) is 0 Å². The Labute approximate surface area is 197 Å². The number of nitrogens with zero attached hydrogens (tertiary/aromatic N) is 4. The van der Waals surface area contributed by atoms with E-state index in [0.29, 0.717) is 5.82 Å². The number of piperazine rings is 1. The first-order valence-corrected chi connectivity index (χ1v) is 11.2. The molecule has 1 saturated heterocycles. The Morgan fingerprint density at radius 2 is 2.03 bits per heavy atom. The van der Waals surface area contributed by atoms with Crippen molar-refractivity contribution in [3.05, 3.63) is 66.1 Å². The standard InChI is InChI=1S/C24H27ClFN7/c1-14(2)18-12-29-22(17(16(4)26)11-15(3)25)32-23(18)31-19-5-6-28-24-21(19)20(13-30-24)33-9-7-27-8-10-33/h5-6,11-14,27H,3-4,7-10H2,1-2H3,(H2,28,29,30,31,32)/b17-11+. The number of aromatic nitrogens is 4. The van der Waals surface area contributed by atoms with Crippen LogP contribution in [-0.4, -0.2) is 46.1 Å². The van der Waals surface area contributed by atoms with Crippen LogP contribution in [0.4, 0.5) is 21.6 Å². The van der Waals surface area contributed by atoms with Crippen LogP contribution in [-0.2, 0) is 0 Å². The van der Waals surface area contributed by atoms with Gasteiger partial charge in [0, 0.05) is 55.4 Å². The molecule has 172 valence electrons. The molecule has 3 aromatic rings. The Hall–Kier alpha value is -3.23. The average Bonchev–Trinajstić information content (AvgIpc) is 3.23. The van der Waals surface area contributed by atoms with Crippen molar-refractivity contribution in [1.82, 2.24) is 25.3 Å². The van der Waals surface area contributed by atoms with Crippen molar-refractivity contribution in [2.24, 2.45) is 0 Å². The summed E-state index contributed by atoms with van der Waals surface area (Å²) < 4.78 is 14.2. The molecule has 33 heavy (non-hydrogen) atoms. The van der Waals surface area contributed by atoms with Gasteiger partial charge in [-0.15, -0.1) is 0 Å². The highest BCUT2D eigenvalue weighted by Crippen LogP contribution is 2.35. The van der Waals surface area contributed by atoms with Gasteiger partial charge in [-0.2, -0.15) is 0 Å². The first-order valence-electron chi connectivity index (χ1n) is 10.8. The summed E-state index contributed by atoms with van der Waals surface area (Å²) in [4.78, 5) is 19.1. The second-order valence-electron chi connectivity index (χ2n) is 8.18. The summed E-state index contributed by atoms with van der Waals surface area (Å²) in [5.74, 6) is 0.222. The van der Waals surface area contributed by atoms with Crippen LogP contribution in [0.25, 0.3) is 16.6 Å². The molecular formula is C24H27ClFN7. The minimum atomic E-state index is -0.682. The number of nitrogens with one attached hydrogen (secondary N) is 3. The SMILES string of the molecule is C=C(Cl)/C=C(\C(=C)F)c1ncc(C(C)C)c(Nc2ccnc3[nH]cc(N4CCNCC4)c23)n1. The number of H-pyrrole nitrogens is 1. The van der Waals surface area contributed by atoms with E-state index in [9.17, 15) is 4.39 Å². The summed E-state index contributed by atoms with van der Waals surface area (Å²) in [6, 6.07) is 1.92. The fourth-order valence-corrected chi connectivity index (χ4v) is 4.00. The molecule has 0 radical (unpaired) electrons. The second-order valence-corrected chi connectivity index (χ2v) is 8.67. The summed E-state index contributed by atoms with van der Waals surface area (Å²) in [5.41, 5.74) is 3.71. The Bertz CT molecular complexity index is 1220. The number of fused-ring (bicyclic) bond motifs is 1. The van der Waals surface area contributed by atoms with Crippen LogP contribution >= 0.6 is 11.6 Å². The Balaban J connectivity index is 1.80. The monoisotopic (exact) mass is 467 g/mol. The van der Waals surface area contributed by atoms with Crippen LogP contribution in [0, 0.1) is 0 Å². The van der Waals surface area contributed by atoms with Crippen molar-refractivity contribution in [3.63, 3.8) is 0 Å². The highest BCUT2D eigenvalue weighted by Gasteiger charge is 2.20. The van der Waals surface area contributed by atoms with Gasteiger partial charge in [0.2, 0.25) is 0 Å². The van der Waals surface area contributed by atoms with Crippen molar-refractivity contribution in [2.75, 3.05) is 36.4 Å². The van der Waals surface area contributed by atoms with E-state index < -0.39 is 5.83 Å². The Morgan fingerprint density at radius 3 is 2.70 bits per heavy atom. The smallest absolute Gasteiger partial charge is 0.164 e. The third kappa shape index (κ3) is 4.91. The molecule has 0 aromatic carbocycles. The number of hydrogen-bond acceptors (Lipinski definition) is 6. The molecule has 3 N–H and O–H groups in total. The van der Waals surface area contributed by atoms with Gasteiger partial charge in [-0.3, -0.25) is 0 Å². The lowest BCUT2D eigenvalue weighted by Crippen LogP contribution is -2.43. The number of halogens is 2. The summed E-state index contributed by atoms with van der Waals surface area (Å²) in [5, 5.41) is 7.99. The van der Waals surface area contributed by atoms with E-state index in [1.807, 2.05) is 12.3 Å². The van der Waals surface area contributed by atoms with Gasteiger partial charge in [-0.05, 0) is 18.1 Å². The Morgan fingerprint density at radius 1 is 1.27 bits per heavy atom. The van der Waals surface area contributed by atoms with Crippen LogP contribution in [0.15, 0.2) is 54.7 Å². The molecule has 0 bridgehead atoms. The number of anilines is 3. The van der Waals surface area contributed by atoms with Gasteiger partial charge in [0.25, 0.3) is 0 Å². The van der Waals surface area contributed by atoms with Gasteiger partial charge < -0.3 is 20.5 Å². The molecular weight excluding hydrogens is 441 g/mol. The zero-order valence-corrected chi connectivity index (χ0v) is 19.5. The topological polar surface area (TPSA) is 81.8 Å². The van der Waals surface area contributed by atoms with E-state index >= 15 is 0 Å². The first kappa shape index (κ1) is 22.9. The maximum atomic E-state index is 14.2. The van der Waals surface area contributed by atoms with Gasteiger partial charge in [-0.1, -0.05) is 38.6 Å². The normalized spacial score (nSPS) is 14.7. The molecule has 1 aliphatic rings. The fourth-order valence-electron chi connectivity index (χ4n) is 3.89. The molecule has 7 nitrogen and oxygen atoms in total. The van der Waals surface area contributed by atoms with Crippen LogP contribution in [0.3, 0.4) is 0 Å². The number of allylic oxidation sites excluding steroid dienone is 4. The highest BCUT2D eigenvalue weighted by molar-refractivity contribution is 6.31. The lowest BCUT2D eigenvalue weighted by atomic mass is 10.1. The lowest BCUT2D eigenvalue weighted by Gasteiger charge is -2.29. The minimum absolute atomic E-state index is 0.0939. The largest absolute Gasteiger partial charge is 0.367 e. The van der Waals surface area contributed by atoms with E-state index in [2.05, 4.69) is 62.5 Å². The first-order chi connectivity index (χ1) is 15.8. The number of rotatable bonds is 7. The van der Waals surface area contributed by atoms with Crippen LogP contribution in [0.5, 0.6) is 0 Å². The molecule has 0 amide bonds. The quantitative estimate of drug-likeness (QED) is 0.412. The van der Waals surface area contributed by atoms with Crippen molar-refractivity contribution < 1.29 is 4.39 Å². The van der Waals surface area contributed by atoms with Crippen LogP contribution < -0.4 is 15.5 Å². The summed E-state index contributed by atoms with van der Waals surface area (Å²) in [6.45, 7) is 14.8. The number of aromatic amines is 1. The van der Waals surface area contributed by atoms with Crippen molar-refractivity contribution in [3.8, 4) is 0 Å². The van der Waals surface area contributed by atoms with E-state index in [-0.39, 0.29) is 22.3 Å². The molecule has 3 aromatic heterocycles. The predicted octanol–water partition coefficient (Wildman–Crippen LogP) is 5.25. The third-order valence-corrected chi connectivity index (χ3v) is 5.65. The van der Waals surface area contributed by atoms with Crippen molar-refractivity contribution >= 4 is 45.4 Å². The number of hydrogen-bond donors (Lipinski definition) is 3. The van der Waals surface area contributed by atoms with Gasteiger partial charge in [0.05, 0.1) is 22.3 Å². The van der Waals surface area contributed by atoms with Crippen molar-refractivity contribution in [2.45, 2.75) is 19.8 Å². The second kappa shape index (κ2) is 9.72. The zero-order valence-electron chi connectivity index (χ0n) is 18.8. The van der Waals surface area contributed by atoms with Gasteiger partial charge in [0.1, 0.15) is 17.3 Å². The fraction of sp³-hybridized carbons (Fsp3) is 0.292. The molecule has 0 saturated carbocycles. The van der Waals surface area contributed by atoms with Gasteiger partial charge in [0.15, 0.2) is 5.82 Å². The third-order valence-electron chi connectivity index (χ3n) is 5.54. The van der Waals surface area contributed by atoms with Crippen LogP contribution in [0.1, 0.15) is 31.2 Å². The molecule has 0 atom stereocenters. The molecule has 0 unspecified atom stereocenters. The molecule has 0 aliphatic carbocycles. The molecule has 1 aliphatic heterocycles. The minimum Gasteiger partial charge on any atom is -0.367 e. The van der Waals surface area contributed by atoms with Crippen LogP contribution in [0.2, 0.25) is 0 Å². The van der Waals surface area contributed by atoms with E-state index in [4.69, 9.17) is 11.6 Å². The molecule has 4 rings (SSSR count). The Kier molecular flexibility index (Phi) is 6.76. The van der Waals surface area contributed by atoms with E-state index in [0.717, 1.165) is 54.2 Å². The molecule has 9 heteroatoms. The van der Waals surface area contributed by atoms with E-state index in [1.54, 1.807) is 12.4 Å². The average molecular weight is 468 g/mol. The van der Waals surface area contributed by atoms with Gasteiger partial charge >= 0.3 is 0 Å². The molecule has 4 heterocycles. The van der Waals surface area contributed by atoms with Gasteiger partial charge in [-0.25, -0.2) is 19.3 Å². The zero-order chi connectivity index (χ0) is 23.5. The predicted molar refractivity (Wildman–Crippen MR) is 134 cm³/mol. The molecule has 1 fully saturated rings. The summed E-state index contributed by atoms with van der Waals surface area (Å²) in [7, 11) is 0. The lowest BCUT2D eigenvalue weighted by molar-refractivity contribution is 0.590. The number of pyridine rings is 1. The summed E-state index contributed by atoms with van der Waals surface area (Å²) in [6.07, 6.45) is 6.81.